The van der Waals surface area contributed by atoms with Gasteiger partial charge in [0, 0.05) is 36.5 Å². The molecule has 1 heterocycles. The molecule has 0 bridgehead atoms. The average Bonchev–Trinajstić information content (AvgIpc) is 2.99. The van der Waals surface area contributed by atoms with E-state index >= 15 is 0 Å². The van der Waals surface area contributed by atoms with Gasteiger partial charge in [-0.15, -0.1) is 0 Å². The fourth-order valence-corrected chi connectivity index (χ4v) is 4.15. The molecule has 2 aliphatic carbocycles. The molecule has 3 nitrogen and oxygen atoms in total. The van der Waals surface area contributed by atoms with E-state index in [0.717, 1.165) is 6.61 Å². The molecule has 20 heavy (non-hydrogen) atoms. The highest BCUT2D eigenvalue weighted by Crippen LogP contribution is 2.55. The fourth-order valence-electron chi connectivity index (χ4n) is 4.15. The maximum absolute atomic E-state index is 5.98. The van der Waals surface area contributed by atoms with Crippen molar-refractivity contribution < 1.29 is 4.74 Å². The maximum atomic E-state index is 5.98. The Morgan fingerprint density at radius 2 is 2.25 bits per heavy atom. The maximum Gasteiger partial charge on any atom is 0.0661 e. The topological polar surface area (TPSA) is 34.1 Å². The summed E-state index contributed by atoms with van der Waals surface area (Å²) in [6.07, 6.45) is 10.8. The largest absolute Gasteiger partial charge is 0.378 e. The molecule has 2 unspecified atom stereocenters. The van der Waals surface area contributed by atoms with Crippen LogP contribution in [-0.4, -0.2) is 23.7 Å². The van der Waals surface area contributed by atoms with Gasteiger partial charge >= 0.3 is 0 Å². The average molecular weight is 274 g/mol. The Labute approximate surface area is 122 Å². The van der Waals surface area contributed by atoms with Crippen LogP contribution in [0.3, 0.4) is 0 Å². The van der Waals surface area contributed by atoms with Gasteiger partial charge in [0.05, 0.1) is 6.10 Å². The van der Waals surface area contributed by atoms with Crippen molar-refractivity contribution in [3.8, 4) is 0 Å². The van der Waals surface area contributed by atoms with Crippen LogP contribution in [0.25, 0.3) is 0 Å². The lowest BCUT2D eigenvalue weighted by Crippen LogP contribution is -2.63. The van der Waals surface area contributed by atoms with Crippen LogP contribution >= 0.6 is 0 Å². The molecule has 0 radical (unpaired) electrons. The van der Waals surface area contributed by atoms with Crippen LogP contribution < -0.4 is 5.32 Å². The summed E-state index contributed by atoms with van der Waals surface area (Å²) < 4.78 is 5.98. The van der Waals surface area contributed by atoms with E-state index in [4.69, 9.17) is 4.74 Å². The molecule has 2 aliphatic rings. The highest BCUT2D eigenvalue weighted by atomic mass is 16.5. The van der Waals surface area contributed by atoms with E-state index in [1.165, 1.54) is 37.7 Å². The Hall–Kier alpha value is -0.930. The second kappa shape index (κ2) is 5.82. The lowest BCUT2D eigenvalue weighted by Gasteiger charge is -2.55. The summed E-state index contributed by atoms with van der Waals surface area (Å²) in [5.74, 6) is 0. The zero-order chi connectivity index (χ0) is 14.0. The van der Waals surface area contributed by atoms with Gasteiger partial charge in [0.2, 0.25) is 0 Å². The van der Waals surface area contributed by atoms with Crippen molar-refractivity contribution in [2.24, 2.45) is 5.41 Å². The zero-order valence-electron chi connectivity index (χ0n) is 12.6. The normalized spacial score (nSPS) is 29.3. The lowest BCUT2D eigenvalue weighted by atomic mass is 9.60. The molecule has 110 valence electrons. The molecule has 1 aromatic heterocycles. The Morgan fingerprint density at radius 3 is 2.90 bits per heavy atom. The minimum absolute atomic E-state index is 0.369. The van der Waals surface area contributed by atoms with Gasteiger partial charge in [-0.05, 0) is 44.7 Å². The predicted molar refractivity (Wildman–Crippen MR) is 80.5 cm³/mol. The molecule has 2 fully saturated rings. The first-order chi connectivity index (χ1) is 9.76. The first kappa shape index (κ1) is 14.0. The van der Waals surface area contributed by atoms with Gasteiger partial charge in [-0.1, -0.05) is 18.9 Å². The van der Waals surface area contributed by atoms with Crippen LogP contribution in [0, 0.1) is 5.41 Å². The Bertz CT molecular complexity index is 428. The Morgan fingerprint density at radius 1 is 1.45 bits per heavy atom. The summed E-state index contributed by atoms with van der Waals surface area (Å²) in [7, 11) is 0. The number of rotatable bonds is 5. The van der Waals surface area contributed by atoms with Crippen molar-refractivity contribution in [1.82, 2.24) is 10.3 Å². The van der Waals surface area contributed by atoms with Gasteiger partial charge in [0.25, 0.3) is 0 Å². The minimum atomic E-state index is 0.369. The van der Waals surface area contributed by atoms with Crippen LogP contribution in [-0.2, 0) is 4.74 Å². The molecule has 3 rings (SSSR count). The number of aromatic nitrogens is 1. The van der Waals surface area contributed by atoms with Gasteiger partial charge < -0.3 is 10.1 Å². The smallest absolute Gasteiger partial charge is 0.0661 e. The standard InChI is InChI=1S/C17H26N2O/c1-3-20-16-11-15(17(16)8-4-5-9-17)19-13(2)14-7-6-10-18-12-14/h6-7,10,12-13,15-16,19H,3-5,8-9,11H2,1-2H3/t13-,15?,16?/m0/s1. The van der Waals surface area contributed by atoms with Crippen LogP contribution in [0.5, 0.6) is 0 Å². The van der Waals surface area contributed by atoms with Crippen molar-refractivity contribution in [2.75, 3.05) is 6.61 Å². The van der Waals surface area contributed by atoms with Crippen molar-refractivity contribution in [3.05, 3.63) is 30.1 Å². The summed E-state index contributed by atoms with van der Waals surface area (Å²) in [4.78, 5) is 4.23. The summed E-state index contributed by atoms with van der Waals surface area (Å²) >= 11 is 0. The number of nitrogens with zero attached hydrogens (tertiary/aromatic N) is 1. The third-order valence-corrected chi connectivity index (χ3v) is 5.32. The highest BCUT2D eigenvalue weighted by molar-refractivity contribution is 5.16. The van der Waals surface area contributed by atoms with Crippen molar-refractivity contribution in [3.63, 3.8) is 0 Å². The Kier molecular flexibility index (Phi) is 4.08. The number of hydrogen-bond acceptors (Lipinski definition) is 3. The molecule has 3 heteroatoms. The number of ether oxygens (including phenoxy) is 1. The third kappa shape index (κ3) is 2.38. The number of pyridine rings is 1. The molecule has 1 spiro atoms. The molecule has 2 saturated carbocycles. The van der Waals surface area contributed by atoms with Gasteiger partial charge in [-0.3, -0.25) is 4.98 Å². The molecule has 3 atom stereocenters. The molecular weight excluding hydrogens is 248 g/mol. The van der Waals surface area contributed by atoms with E-state index in [0.29, 0.717) is 23.6 Å². The fraction of sp³-hybridized carbons (Fsp3) is 0.706. The quantitative estimate of drug-likeness (QED) is 0.892. The van der Waals surface area contributed by atoms with E-state index < -0.39 is 0 Å². The molecule has 0 saturated heterocycles. The van der Waals surface area contributed by atoms with E-state index in [9.17, 15) is 0 Å². The molecule has 1 aromatic rings. The lowest BCUT2D eigenvalue weighted by molar-refractivity contribution is -0.132. The van der Waals surface area contributed by atoms with Crippen LogP contribution in [0.1, 0.15) is 57.6 Å². The van der Waals surface area contributed by atoms with E-state index in [2.05, 4.69) is 30.2 Å². The summed E-state index contributed by atoms with van der Waals surface area (Å²) in [6, 6.07) is 5.15. The summed E-state index contributed by atoms with van der Waals surface area (Å²) in [5.41, 5.74) is 1.69. The predicted octanol–water partition coefficient (Wildman–Crippen LogP) is 3.47. The van der Waals surface area contributed by atoms with Gasteiger partial charge in [0.15, 0.2) is 0 Å². The first-order valence-electron chi connectivity index (χ1n) is 8.04. The molecule has 0 aliphatic heterocycles. The first-order valence-corrected chi connectivity index (χ1v) is 8.04. The van der Waals surface area contributed by atoms with E-state index in [-0.39, 0.29) is 0 Å². The number of nitrogens with one attached hydrogen (secondary N) is 1. The minimum Gasteiger partial charge on any atom is -0.378 e. The SMILES string of the molecule is CCOC1CC(N[C@@H](C)c2cccnc2)C12CCCC2. The van der Waals surface area contributed by atoms with Gasteiger partial charge in [0.1, 0.15) is 0 Å². The highest BCUT2D eigenvalue weighted by Gasteiger charge is 2.56. The molecule has 0 amide bonds. The summed E-state index contributed by atoms with van der Waals surface area (Å²) in [5, 5.41) is 3.83. The second-order valence-electron chi connectivity index (χ2n) is 6.35. The third-order valence-electron chi connectivity index (χ3n) is 5.32. The molecule has 0 aromatic carbocycles. The summed E-state index contributed by atoms with van der Waals surface area (Å²) in [6.45, 7) is 5.20. The van der Waals surface area contributed by atoms with E-state index in [1.54, 1.807) is 0 Å². The zero-order valence-corrected chi connectivity index (χ0v) is 12.6. The number of hydrogen-bond donors (Lipinski definition) is 1. The molecule has 1 N–H and O–H groups in total. The van der Waals surface area contributed by atoms with Gasteiger partial charge in [-0.25, -0.2) is 0 Å². The second-order valence-corrected chi connectivity index (χ2v) is 6.35. The van der Waals surface area contributed by atoms with Gasteiger partial charge in [-0.2, -0.15) is 0 Å². The van der Waals surface area contributed by atoms with Crippen molar-refractivity contribution >= 4 is 0 Å². The molecular formula is C17H26N2O. The monoisotopic (exact) mass is 274 g/mol. The van der Waals surface area contributed by atoms with Crippen molar-refractivity contribution in [1.29, 1.82) is 0 Å². The van der Waals surface area contributed by atoms with Crippen LogP contribution in [0.2, 0.25) is 0 Å². The van der Waals surface area contributed by atoms with Crippen LogP contribution in [0.4, 0.5) is 0 Å². The van der Waals surface area contributed by atoms with Crippen molar-refractivity contribution in [2.45, 2.75) is 64.1 Å². The Balaban J connectivity index is 1.66. The van der Waals surface area contributed by atoms with Crippen LogP contribution in [0.15, 0.2) is 24.5 Å². The van der Waals surface area contributed by atoms with E-state index in [1.807, 2.05) is 18.5 Å².